The van der Waals surface area contributed by atoms with Gasteiger partial charge < -0.3 is 0 Å². The molecule has 1 nitrogen and oxygen atoms in total. The lowest BCUT2D eigenvalue weighted by Gasteiger charge is -2.07. The Kier molecular flexibility index (Phi) is 4.02. The standard InChI is InChI=1S/C14H8BrClF2O/c1-7-4-10(13(18)6-12(7)17)14(19)9-5-8(16)2-3-11(9)15/h2-6H,1H3. The highest BCUT2D eigenvalue weighted by molar-refractivity contribution is 9.10. The molecule has 0 aliphatic heterocycles. The van der Waals surface area contributed by atoms with Crippen molar-refractivity contribution in [1.29, 1.82) is 0 Å². The van der Waals surface area contributed by atoms with Crippen molar-refractivity contribution < 1.29 is 13.6 Å². The Hall–Kier alpha value is -1.26. The van der Waals surface area contributed by atoms with Crippen LogP contribution in [0.4, 0.5) is 8.78 Å². The van der Waals surface area contributed by atoms with Crippen LogP contribution in [0.15, 0.2) is 34.8 Å². The molecule has 0 saturated heterocycles. The second-order valence-electron chi connectivity index (χ2n) is 4.03. The molecule has 0 aliphatic rings. The summed E-state index contributed by atoms with van der Waals surface area (Å²) in [6, 6.07) is 6.55. The third kappa shape index (κ3) is 2.85. The molecule has 0 radical (unpaired) electrons. The van der Waals surface area contributed by atoms with E-state index in [-0.39, 0.29) is 16.7 Å². The summed E-state index contributed by atoms with van der Waals surface area (Å²) in [6.45, 7) is 1.47. The summed E-state index contributed by atoms with van der Waals surface area (Å²) in [5, 5.41) is 0.366. The minimum absolute atomic E-state index is 0.179. The fourth-order valence-corrected chi connectivity index (χ4v) is 2.25. The van der Waals surface area contributed by atoms with Crippen molar-refractivity contribution in [2.75, 3.05) is 0 Å². The first-order valence-corrected chi connectivity index (χ1v) is 6.52. The zero-order valence-corrected chi connectivity index (χ0v) is 12.1. The smallest absolute Gasteiger partial charge is 0.197 e. The van der Waals surface area contributed by atoms with E-state index >= 15 is 0 Å². The van der Waals surface area contributed by atoms with Gasteiger partial charge in [-0.2, -0.15) is 0 Å². The van der Waals surface area contributed by atoms with Crippen LogP contribution in [-0.4, -0.2) is 5.78 Å². The Morgan fingerprint density at radius 3 is 2.47 bits per heavy atom. The Morgan fingerprint density at radius 2 is 1.79 bits per heavy atom. The molecule has 98 valence electrons. The fourth-order valence-electron chi connectivity index (χ4n) is 1.65. The predicted octanol–water partition coefficient (Wildman–Crippen LogP) is 4.92. The highest BCUT2D eigenvalue weighted by atomic mass is 79.9. The van der Waals surface area contributed by atoms with Crippen molar-refractivity contribution >= 4 is 33.3 Å². The van der Waals surface area contributed by atoms with Crippen molar-refractivity contribution in [2.45, 2.75) is 6.92 Å². The Morgan fingerprint density at radius 1 is 1.11 bits per heavy atom. The lowest BCUT2D eigenvalue weighted by Crippen LogP contribution is -2.06. The van der Waals surface area contributed by atoms with Crippen LogP contribution in [0.25, 0.3) is 0 Å². The van der Waals surface area contributed by atoms with Crippen LogP contribution in [-0.2, 0) is 0 Å². The van der Waals surface area contributed by atoms with Crippen LogP contribution in [0.3, 0.4) is 0 Å². The number of ketones is 1. The van der Waals surface area contributed by atoms with E-state index < -0.39 is 17.4 Å². The molecule has 0 bridgehead atoms. The summed E-state index contributed by atoms with van der Waals surface area (Å²) >= 11 is 9.03. The molecule has 0 aromatic heterocycles. The van der Waals surface area contributed by atoms with Gasteiger partial charge in [0, 0.05) is 21.1 Å². The second kappa shape index (κ2) is 5.39. The van der Waals surface area contributed by atoms with Gasteiger partial charge in [-0.15, -0.1) is 0 Å². The molecule has 19 heavy (non-hydrogen) atoms. The Bertz CT molecular complexity index is 671. The molecule has 2 rings (SSSR count). The predicted molar refractivity (Wildman–Crippen MR) is 73.7 cm³/mol. The average Bonchev–Trinajstić information content (AvgIpc) is 2.36. The van der Waals surface area contributed by atoms with Gasteiger partial charge in [0.2, 0.25) is 0 Å². The lowest BCUT2D eigenvalue weighted by molar-refractivity contribution is 0.103. The van der Waals surface area contributed by atoms with E-state index in [1.54, 1.807) is 12.1 Å². The van der Waals surface area contributed by atoms with Gasteiger partial charge in [-0.1, -0.05) is 27.5 Å². The van der Waals surface area contributed by atoms with Gasteiger partial charge in [0.25, 0.3) is 0 Å². The summed E-state index contributed by atoms with van der Waals surface area (Å²) in [7, 11) is 0. The highest BCUT2D eigenvalue weighted by Gasteiger charge is 2.18. The molecule has 0 unspecified atom stereocenters. The van der Waals surface area contributed by atoms with Crippen LogP contribution >= 0.6 is 27.5 Å². The molecule has 2 aromatic rings. The molecule has 0 heterocycles. The van der Waals surface area contributed by atoms with Crippen LogP contribution in [0.1, 0.15) is 21.5 Å². The first-order valence-electron chi connectivity index (χ1n) is 5.35. The van der Waals surface area contributed by atoms with E-state index in [9.17, 15) is 13.6 Å². The molecule has 2 aromatic carbocycles. The molecule has 0 fully saturated rings. The topological polar surface area (TPSA) is 17.1 Å². The van der Waals surface area contributed by atoms with Gasteiger partial charge in [0.1, 0.15) is 11.6 Å². The number of hydrogen-bond acceptors (Lipinski definition) is 1. The SMILES string of the molecule is Cc1cc(C(=O)c2cc(Cl)ccc2Br)c(F)cc1F. The molecule has 0 spiro atoms. The zero-order chi connectivity index (χ0) is 14.2. The maximum Gasteiger partial charge on any atom is 0.197 e. The van der Waals surface area contributed by atoms with Gasteiger partial charge in [0.15, 0.2) is 5.78 Å². The molecule has 0 amide bonds. The maximum absolute atomic E-state index is 13.7. The number of carbonyl (C=O) groups excluding carboxylic acids is 1. The van der Waals surface area contributed by atoms with Gasteiger partial charge in [-0.05, 0) is 36.8 Å². The van der Waals surface area contributed by atoms with Crippen molar-refractivity contribution in [3.63, 3.8) is 0 Å². The van der Waals surface area contributed by atoms with E-state index in [1.807, 2.05) is 0 Å². The molecular formula is C14H8BrClF2O. The second-order valence-corrected chi connectivity index (χ2v) is 5.33. The van der Waals surface area contributed by atoms with E-state index in [2.05, 4.69) is 15.9 Å². The number of hydrogen-bond donors (Lipinski definition) is 0. The van der Waals surface area contributed by atoms with Crippen molar-refractivity contribution in [3.8, 4) is 0 Å². The number of aryl methyl sites for hydroxylation is 1. The molecular weight excluding hydrogens is 338 g/mol. The number of carbonyl (C=O) groups is 1. The van der Waals surface area contributed by atoms with Crippen LogP contribution in [0, 0.1) is 18.6 Å². The van der Waals surface area contributed by atoms with E-state index in [1.165, 1.54) is 19.1 Å². The molecule has 5 heteroatoms. The van der Waals surface area contributed by atoms with Crippen molar-refractivity contribution in [2.24, 2.45) is 0 Å². The van der Waals surface area contributed by atoms with Gasteiger partial charge in [0.05, 0.1) is 5.56 Å². The minimum atomic E-state index is -0.889. The maximum atomic E-state index is 13.7. The van der Waals surface area contributed by atoms with Gasteiger partial charge >= 0.3 is 0 Å². The normalized spacial score (nSPS) is 10.6. The summed E-state index contributed by atoms with van der Waals surface area (Å²) in [6.07, 6.45) is 0. The summed E-state index contributed by atoms with van der Waals surface area (Å²) < 4.78 is 27.4. The third-order valence-electron chi connectivity index (χ3n) is 2.67. The highest BCUT2D eigenvalue weighted by Crippen LogP contribution is 2.25. The van der Waals surface area contributed by atoms with Crippen LogP contribution < -0.4 is 0 Å². The number of rotatable bonds is 2. The lowest BCUT2D eigenvalue weighted by atomic mass is 10.0. The van der Waals surface area contributed by atoms with E-state index in [4.69, 9.17) is 11.6 Å². The number of benzene rings is 2. The summed E-state index contributed by atoms with van der Waals surface area (Å²) in [5.74, 6) is -2.12. The van der Waals surface area contributed by atoms with Crippen LogP contribution in [0.5, 0.6) is 0 Å². The molecule has 0 atom stereocenters. The van der Waals surface area contributed by atoms with Crippen molar-refractivity contribution in [1.82, 2.24) is 0 Å². The average molecular weight is 346 g/mol. The monoisotopic (exact) mass is 344 g/mol. The molecule has 0 aliphatic carbocycles. The number of halogens is 4. The largest absolute Gasteiger partial charge is 0.288 e. The quantitative estimate of drug-likeness (QED) is 0.706. The first-order chi connectivity index (χ1) is 8.90. The fraction of sp³-hybridized carbons (Fsp3) is 0.0714. The van der Waals surface area contributed by atoms with Gasteiger partial charge in [-0.25, -0.2) is 8.78 Å². The van der Waals surface area contributed by atoms with Gasteiger partial charge in [-0.3, -0.25) is 4.79 Å². The first kappa shape index (κ1) is 14.2. The Balaban J connectivity index is 2.56. The summed E-state index contributed by atoms with van der Waals surface area (Å²) in [4.78, 5) is 12.3. The van der Waals surface area contributed by atoms with Crippen LogP contribution in [0.2, 0.25) is 5.02 Å². The van der Waals surface area contributed by atoms with E-state index in [0.717, 1.165) is 0 Å². The van der Waals surface area contributed by atoms with Crippen molar-refractivity contribution in [3.05, 3.63) is 68.2 Å². The zero-order valence-electron chi connectivity index (χ0n) is 9.81. The van der Waals surface area contributed by atoms with E-state index in [0.29, 0.717) is 15.6 Å². The minimum Gasteiger partial charge on any atom is -0.288 e. The molecule has 0 saturated carbocycles. The summed E-state index contributed by atoms with van der Waals surface area (Å²) in [5.41, 5.74) is 0.266. The third-order valence-corrected chi connectivity index (χ3v) is 3.59. The Labute approximate surface area is 122 Å². The molecule has 0 N–H and O–H groups in total.